The van der Waals surface area contributed by atoms with Gasteiger partial charge in [-0.05, 0) is 43.9 Å². The van der Waals surface area contributed by atoms with Crippen LogP contribution in [0.15, 0.2) is 72.8 Å². The van der Waals surface area contributed by atoms with Gasteiger partial charge in [0.15, 0.2) is 0 Å². The fourth-order valence-corrected chi connectivity index (χ4v) is 3.87. The first-order valence-electron chi connectivity index (χ1n) is 11.3. The quantitative estimate of drug-likeness (QED) is 0.458. The van der Waals surface area contributed by atoms with Crippen molar-refractivity contribution in [3.05, 3.63) is 83.9 Å². The molecule has 0 saturated heterocycles. The van der Waals surface area contributed by atoms with Crippen LogP contribution in [0.4, 0.5) is 11.4 Å². The Morgan fingerprint density at radius 1 is 0.818 bits per heavy atom. The number of rotatable bonds is 9. The van der Waals surface area contributed by atoms with Gasteiger partial charge in [0, 0.05) is 23.6 Å². The zero-order valence-electron chi connectivity index (χ0n) is 18.8. The standard InChI is InChI=1S/C27H28N2O4/c1-3-32-24-17-23(29-27(31)21-15-20(21)18-11-7-5-8-12-18)25(33-4-2)16-22(24)28-26(30)19-13-9-6-10-14-19/h5-14,16-17,20-21H,3-4,15H2,1-2H3,(H,28,30)(H,29,31). The topological polar surface area (TPSA) is 76.7 Å². The second-order valence-corrected chi connectivity index (χ2v) is 7.88. The second kappa shape index (κ2) is 10.2. The maximum atomic E-state index is 13.0. The highest BCUT2D eigenvalue weighted by molar-refractivity contribution is 6.05. The van der Waals surface area contributed by atoms with Gasteiger partial charge < -0.3 is 20.1 Å². The molecule has 1 fully saturated rings. The summed E-state index contributed by atoms with van der Waals surface area (Å²) in [6.07, 6.45) is 0.823. The number of hydrogen-bond acceptors (Lipinski definition) is 4. The van der Waals surface area contributed by atoms with E-state index in [2.05, 4.69) is 22.8 Å². The van der Waals surface area contributed by atoms with E-state index in [0.29, 0.717) is 41.7 Å². The number of anilines is 2. The fourth-order valence-electron chi connectivity index (χ4n) is 3.87. The fraction of sp³-hybridized carbons (Fsp3) is 0.259. The molecule has 0 aliphatic heterocycles. The lowest BCUT2D eigenvalue weighted by Gasteiger charge is -2.18. The molecule has 0 radical (unpaired) electrons. The van der Waals surface area contributed by atoms with Gasteiger partial charge in [0.2, 0.25) is 5.91 Å². The maximum Gasteiger partial charge on any atom is 0.255 e. The minimum absolute atomic E-state index is 0.0478. The third-order valence-electron chi connectivity index (χ3n) is 5.58. The van der Waals surface area contributed by atoms with E-state index in [4.69, 9.17) is 9.47 Å². The van der Waals surface area contributed by atoms with Gasteiger partial charge in [0.1, 0.15) is 11.5 Å². The van der Waals surface area contributed by atoms with Gasteiger partial charge in [-0.25, -0.2) is 0 Å². The number of hydrogen-bond donors (Lipinski definition) is 2. The summed E-state index contributed by atoms with van der Waals surface area (Å²) in [5.41, 5.74) is 2.73. The summed E-state index contributed by atoms with van der Waals surface area (Å²) in [6.45, 7) is 4.57. The molecule has 0 bridgehead atoms. The van der Waals surface area contributed by atoms with Crippen molar-refractivity contribution in [2.24, 2.45) is 5.92 Å². The molecule has 2 atom stereocenters. The monoisotopic (exact) mass is 444 g/mol. The highest BCUT2D eigenvalue weighted by Crippen LogP contribution is 2.48. The first-order valence-corrected chi connectivity index (χ1v) is 11.3. The van der Waals surface area contributed by atoms with Crippen molar-refractivity contribution in [1.82, 2.24) is 0 Å². The van der Waals surface area contributed by atoms with Crippen LogP contribution in [0, 0.1) is 5.92 Å². The smallest absolute Gasteiger partial charge is 0.255 e. The molecule has 4 rings (SSSR count). The average molecular weight is 445 g/mol. The second-order valence-electron chi connectivity index (χ2n) is 7.88. The molecule has 33 heavy (non-hydrogen) atoms. The van der Waals surface area contributed by atoms with E-state index in [1.54, 1.807) is 24.3 Å². The van der Waals surface area contributed by atoms with Crippen molar-refractivity contribution in [1.29, 1.82) is 0 Å². The molecule has 0 aromatic heterocycles. The summed E-state index contributed by atoms with van der Waals surface area (Å²) in [5, 5.41) is 5.91. The van der Waals surface area contributed by atoms with Crippen LogP contribution in [0.1, 0.15) is 42.1 Å². The normalized spacial score (nSPS) is 16.5. The van der Waals surface area contributed by atoms with Crippen LogP contribution in [-0.4, -0.2) is 25.0 Å². The van der Waals surface area contributed by atoms with Crippen molar-refractivity contribution < 1.29 is 19.1 Å². The van der Waals surface area contributed by atoms with Crippen LogP contribution >= 0.6 is 0 Å². The molecular weight excluding hydrogens is 416 g/mol. The van der Waals surface area contributed by atoms with E-state index in [-0.39, 0.29) is 23.7 Å². The van der Waals surface area contributed by atoms with Gasteiger partial charge in [-0.1, -0.05) is 48.5 Å². The van der Waals surface area contributed by atoms with Crippen molar-refractivity contribution in [3.63, 3.8) is 0 Å². The van der Waals surface area contributed by atoms with E-state index in [1.165, 1.54) is 5.56 Å². The van der Waals surface area contributed by atoms with Crippen molar-refractivity contribution in [2.45, 2.75) is 26.2 Å². The van der Waals surface area contributed by atoms with Gasteiger partial charge in [-0.15, -0.1) is 0 Å². The third kappa shape index (κ3) is 5.34. The van der Waals surface area contributed by atoms with Crippen molar-refractivity contribution >= 4 is 23.2 Å². The molecule has 6 heteroatoms. The Bertz CT molecular complexity index is 1120. The summed E-state index contributed by atoms with van der Waals surface area (Å²) in [6, 6.07) is 22.4. The Kier molecular flexibility index (Phi) is 6.93. The largest absolute Gasteiger partial charge is 0.492 e. The summed E-state index contributed by atoms with van der Waals surface area (Å²) < 4.78 is 11.6. The number of benzene rings is 3. The van der Waals surface area contributed by atoms with E-state index in [9.17, 15) is 9.59 Å². The summed E-state index contributed by atoms with van der Waals surface area (Å²) >= 11 is 0. The number of ether oxygens (including phenoxy) is 2. The molecule has 170 valence electrons. The molecular formula is C27H28N2O4. The number of amides is 2. The van der Waals surface area contributed by atoms with Crippen LogP contribution in [0.2, 0.25) is 0 Å². The Hall–Kier alpha value is -3.80. The van der Waals surface area contributed by atoms with Gasteiger partial charge in [0.05, 0.1) is 24.6 Å². The Labute approximate surface area is 193 Å². The van der Waals surface area contributed by atoms with Crippen molar-refractivity contribution in [3.8, 4) is 11.5 Å². The Morgan fingerprint density at radius 3 is 1.94 bits per heavy atom. The summed E-state index contributed by atoms with van der Waals surface area (Å²) in [4.78, 5) is 25.6. The van der Waals surface area contributed by atoms with E-state index in [0.717, 1.165) is 6.42 Å². The minimum atomic E-state index is -0.250. The number of carbonyl (C=O) groups is 2. The summed E-state index contributed by atoms with van der Waals surface area (Å²) in [5.74, 6) is 0.811. The minimum Gasteiger partial charge on any atom is -0.492 e. The lowest BCUT2D eigenvalue weighted by molar-refractivity contribution is -0.117. The van der Waals surface area contributed by atoms with E-state index >= 15 is 0 Å². The van der Waals surface area contributed by atoms with E-state index < -0.39 is 0 Å². The van der Waals surface area contributed by atoms with Crippen LogP contribution in [0.25, 0.3) is 0 Å². The maximum absolute atomic E-state index is 13.0. The van der Waals surface area contributed by atoms with Gasteiger partial charge in [0.25, 0.3) is 5.91 Å². The van der Waals surface area contributed by atoms with Crippen LogP contribution in [0.5, 0.6) is 11.5 Å². The molecule has 1 aliphatic rings. The van der Waals surface area contributed by atoms with Crippen LogP contribution in [0.3, 0.4) is 0 Å². The van der Waals surface area contributed by atoms with Gasteiger partial charge >= 0.3 is 0 Å². The van der Waals surface area contributed by atoms with Gasteiger partial charge in [-0.2, -0.15) is 0 Å². The average Bonchev–Trinajstić information content (AvgIpc) is 3.64. The number of nitrogens with one attached hydrogen (secondary N) is 2. The summed E-state index contributed by atoms with van der Waals surface area (Å²) in [7, 11) is 0. The van der Waals surface area contributed by atoms with E-state index in [1.807, 2.05) is 50.2 Å². The lowest BCUT2D eigenvalue weighted by atomic mass is 10.1. The number of carbonyl (C=O) groups excluding carboxylic acids is 2. The SMILES string of the molecule is CCOc1cc(NC(=O)C2CC2c2ccccc2)c(OCC)cc1NC(=O)c1ccccc1. The molecule has 2 amide bonds. The molecule has 3 aromatic carbocycles. The predicted molar refractivity (Wildman–Crippen MR) is 129 cm³/mol. The Balaban J connectivity index is 1.55. The molecule has 2 N–H and O–H groups in total. The molecule has 1 saturated carbocycles. The molecule has 0 heterocycles. The zero-order chi connectivity index (χ0) is 23.2. The first kappa shape index (κ1) is 22.4. The predicted octanol–water partition coefficient (Wildman–Crippen LogP) is 5.48. The molecule has 0 spiro atoms. The highest BCUT2D eigenvalue weighted by atomic mass is 16.5. The lowest BCUT2D eigenvalue weighted by Crippen LogP contribution is -2.17. The van der Waals surface area contributed by atoms with Crippen LogP contribution in [-0.2, 0) is 4.79 Å². The third-order valence-corrected chi connectivity index (χ3v) is 5.58. The van der Waals surface area contributed by atoms with Crippen LogP contribution < -0.4 is 20.1 Å². The molecule has 3 aromatic rings. The molecule has 1 aliphatic carbocycles. The highest BCUT2D eigenvalue weighted by Gasteiger charge is 2.44. The zero-order valence-corrected chi connectivity index (χ0v) is 18.8. The first-order chi connectivity index (χ1) is 16.1. The molecule has 2 unspecified atom stereocenters. The van der Waals surface area contributed by atoms with Crippen molar-refractivity contribution in [2.75, 3.05) is 23.8 Å². The van der Waals surface area contributed by atoms with Gasteiger partial charge in [-0.3, -0.25) is 9.59 Å². The Morgan fingerprint density at radius 2 is 1.36 bits per heavy atom. The molecule has 6 nitrogen and oxygen atoms in total.